The van der Waals surface area contributed by atoms with E-state index in [0.717, 1.165) is 12.8 Å². The molecule has 2 N–H and O–H groups in total. The van der Waals surface area contributed by atoms with Crippen molar-refractivity contribution in [2.45, 2.75) is 97.6 Å². The van der Waals surface area contributed by atoms with E-state index in [-0.39, 0.29) is 33.9 Å². The Morgan fingerprint density at radius 2 is 1.62 bits per heavy atom. The summed E-state index contributed by atoms with van der Waals surface area (Å²) in [6, 6.07) is 5.49. The molecular formula is C28H39F3N2O4. The molecular weight excluding hydrogens is 485 g/mol. The van der Waals surface area contributed by atoms with Crippen molar-refractivity contribution in [2.75, 3.05) is 6.61 Å². The first-order valence-electron chi connectivity index (χ1n) is 12.7. The average molecular weight is 525 g/mol. The van der Waals surface area contributed by atoms with E-state index in [2.05, 4.69) is 31.1 Å². The lowest BCUT2D eigenvalue weighted by atomic mass is 9.72. The second-order valence-electron chi connectivity index (χ2n) is 12.3. The highest BCUT2D eigenvalue weighted by Crippen LogP contribution is 2.44. The average Bonchev–Trinajstić information content (AvgIpc) is 2.76. The van der Waals surface area contributed by atoms with Gasteiger partial charge in [-0.2, -0.15) is 13.2 Å². The molecule has 0 radical (unpaired) electrons. The van der Waals surface area contributed by atoms with Gasteiger partial charge in [0.2, 0.25) is 0 Å². The highest BCUT2D eigenvalue weighted by atomic mass is 19.4. The Kier molecular flexibility index (Phi) is 8.08. The van der Waals surface area contributed by atoms with Gasteiger partial charge in [-0.05, 0) is 82.9 Å². The molecule has 6 nitrogen and oxygen atoms in total. The minimum atomic E-state index is -4.66. The minimum Gasteiger partial charge on any atom is -0.490 e. The Balaban J connectivity index is 1.91. The number of carbonyl (C=O) groups excluding carboxylic acids is 1. The number of aliphatic hydroxyl groups is 1. The summed E-state index contributed by atoms with van der Waals surface area (Å²) in [6.45, 7) is 12.7. The molecule has 1 unspecified atom stereocenters. The zero-order chi connectivity index (χ0) is 27.8. The molecule has 1 aliphatic rings. The molecule has 0 spiro atoms. The highest BCUT2D eigenvalue weighted by molar-refractivity contribution is 5.85. The van der Waals surface area contributed by atoms with Crippen molar-refractivity contribution in [2.24, 2.45) is 11.3 Å². The summed E-state index contributed by atoms with van der Waals surface area (Å²) in [6.07, 6.45) is -2.46. The largest absolute Gasteiger partial charge is 0.490 e. The quantitative estimate of drug-likeness (QED) is 0.442. The molecule has 1 aromatic heterocycles. The first kappa shape index (κ1) is 29.0. The first-order chi connectivity index (χ1) is 16.9. The fourth-order valence-electron chi connectivity index (χ4n) is 4.82. The van der Waals surface area contributed by atoms with Crippen molar-refractivity contribution in [3.05, 3.63) is 35.5 Å². The van der Waals surface area contributed by atoms with E-state index in [1.807, 2.05) is 0 Å². The SMILES string of the molecule is CC(C)(C)OC(=O)NC(C)(CO)c1ccc2c(C(F)(F)F)c(OC3CCC(C(C)(C)C)CC3)ccc2n1. The number of nitrogens with one attached hydrogen (secondary N) is 1. The number of pyridine rings is 1. The number of nitrogens with zero attached hydrogens (tertiary/aromatic N) is 1. The predicted molar refractivity (Wildman–Crippen MR) is 136 cm³/mol. The van der Waals surface area contributed by atoms with Crippen LogP contribution in [0.1, 0.15) is 85.4 Å². The Morgan fingerprint density at radius 1 is 1.00 bits per heavy atom. The molecule has 1 heterocycles. The van der Waals surface area contributed by atoms with Crippen LogP contribution in [0.4, 0.5) is 18.0 Å². The number of alkyl halides is 3. The molecule has 0 bridgehead atoms. The summed E-state index contributed by atoms with van der Waals surface area (Å²) in [5.74, 6) is 0.314. The van der Waals surface area contributed by atoms with Gasteiger partial charge in [0.25, 0.3) is 0 Å². The normalized spacial score (nSPS) is 20.8. The zero-order valence-corrected chi connectivity index (χ0v) is 22.8. The van der Waals surface area contributed by atoms with Crippen LogP contribution in [0.2, 0.25) is 0 Å². The van der Waals surface area contributed by atoms with Crippen LogP contribution in [0.15, 0.2) is 24.3 Å². The summed E-state index contributed by atoms with van der Waals surface area (Å²) in [5.41, 5.74) is -2.55. The van der Waals surface area contributed by atoms with Crippen molar-refractivity contribution < 1.29 is 32.5 Å². The van der Waals surface area contributed by atoms with Crippen molar-refractivity contribution in [1.82, 2.24) is 10.3 Å². The van der Waals surface area contributed by atoms with E-state index in [1.165, 1.54) is 31.2 Å². The van der Waals surface area contributed by atoms with Crippen LogP contribution in [0, 0.1) is 11.3 Å². The summed E-state index contributed by atoms with van der Waals surface area (Å²) in [7, 11) is 0. The van der Waals surface area contributed by atoms with Crippen molar-refractivity contribution in [3.8, 4) is 5.75 Å². The van der Waals surface area contributed by atoms with Crippen LogP contribution >= 0.6 is 0 Å². The van der Waals surface area contributed by atoms with E-state index < -0.39 is 35.6 Å². The van der Waals surface area contributed by atoms with Gasteiger partial charge in [0.1, 0.15) is 22.5 Å². The number of hydrogen-bond donors (Lipinski definition) is 2. The summed E-state index contributed by atoms with van der Waals surface area (Å²) >= 11 is 0. The fraction of sp³-hybridized carbons (Fsp3) is 0.643. The smallest absolute Gasteiger partial charge is 0.420 e. The van der Waals surface area contributed by atoms with Crippen molar-refractivity contribution >= 4 is 17.0 Å². The third kappa shape index (κ3) is 7.06. The standard InChI is InChI=1S/C28H39F3N2O4/c1-25(2,3)17-8-10-18(11-9-17)36-21-14-13-20-19(23(21)28(29,30)31)12-15-22(32-20)27(7,16-34)33-24(35)37-26(4,5)6/h12-15,17-18,34H,8-11,16H2,1-7H3,(H,33,35). The van der Waals surface area contributed by atoms with Gasteiger partial charge in [-0.15, -0.1) is 0 Å². The number of fused-ring (bicyclic) bond motifs is 1. The molecule has 9 heteroatoms. The topological polar surface area (TPSA) is 80.7 Å². The van der Waals surface area contributed by atoms with Crippen LogP contribution < -0.4 is 10.1 Å². The number of hydrogen-bond acceptors (Lipinski definition) is 5. The third-order valence-corrected chi connectivity index (χ3v) is 6.97. The van der Waals surface area contributed by atoms with Crippen molar-refractivity contribution in [1.29, 1.82) is 0 Å². The molecule has 2 aromatic rings. The predicted octanol–water partition coefficient (Wildman–Crippen LogP) is 6.97. The van der Waals surface area contributed by atoms with Gasteiger partial charge in [0, 0.05) is 5.39 Å². The number of aromatic nitrogens is 1. The Hall–Kier alpha value is -2.55. The van der Waals surface area contributed by atoms with Crippen LogP contribution in [-0.2, 0) is 16.5 Å². The van der Waals surface area contributed by atoms with Gasteiger partial charge >= 0.3 is 12.3 Å². The third-order valence-electron chi connectivity index (χ3n) is 6.97. The molecule has 37 heavy (non-hydrogen) atoms. The molecule has 1 amide bonds. The van der Waals surface area contributed by atoms with Crippen molar-refractivity contribution in [3.63, 3.8) is 0 Å². The van der Waals surface area contributed by atoms with Crippen LogP contribution in [0.5, 0.6) is 5.75 Å². The summed E-state index contributed by atoms with van der Waals surface area (Å²) in [4.78, 5) is 16.7. The summed E-state index contributed by atoms with van der Waals surface area (Å²) in [5, 5.41) is 12.5. The van der Waals surface area contributed by atoms with Gasteiger partial charge in [-0.3, -0.25) is 4.98 Å². The van der Waals surface area contributed by atoms with Crippen LogP contribution in [-0.4, -0.2) is 34.5 Å². The molecule has 1 fully saturated rings. The lowest BCUT2D eigenvalue weighted by Crippen LogP contribution is -2.48. The van der Waals surface area contributed by atoms with Gasteiger partial charge in [-0.25, -0.2) is 4.79 Å². The first-order valence-corrected chi connectivity index (χ1v) is 12.7. The maximum absolute atomic E-state index is 14.3. The number of carbonyl (C=O) groups is 1. The van der Waals surface area contributed by atoms with E-state index in [0.29, 0.717) is 18.8 Å². The number of halogens is 3. The maximum atomic E-state index is 14.3. The zero-order valence-electron chi connectivity index (χ0n) is 22.8. The van der Waals surface area contributed by atoms with Gasteiger partial charge in [0.05, 0.1) is 23.9 Å². The number of rotatable bonds is 5. The molecule has 206 valence electrons. The lowest BCUT2D eigenvalue weighted by Gasteiger charge is -2.37. The number of aliphatic hydroxyl groups excluding tert-OH is 1. The Labute approximate surface area is 216 Å². The number of amides is 1. The highest BCUT2D eigenvalue weighted by Gasteiger charge is 2.39. The van der Waals surface area contributed by atoms with E-state index in [1.54, 1.807) is 20.8 Å². The van der Waals surface area contributed by atoms with Gasteiger partial charge in [0.15, 0.2) is 0 Å². The van der Waals surface area contributed by atoms with E-state index in [4.69, 9.17) is 9.47 Å². The second kappa shape index (κ2) is 10.3. The fourth-order valence-corrected chi connectivity index (χ4v) is 4.82. The van der Waals surface area contributed by atoms with Crippen LogP contribution in [0.3, 0.4) is 0 Å². The number of ether oxygens (including phenoxy) is 2. The molecule has 0 saturated heterocycles. The Bertz CT molecular complexity index is 1110. The van der Waals surface area contributed by atoms with Crippen LogP contribution in [0.25, 0.3) is 10.9 Å². The lowest BCUT2D eigenvalue weighted by molar-refractivity contribution is -0.138. The molecule has 0 aliphatic heterocycles. The monoisotopic (exact) mass is 524 g/mol. The minimum absolute atomic E-state index is 0.0827. The number of benzene rings is 1. The van der Waals surface area contributed by atoms with Gasteiger partial charge < -0.3 is 19.9 Å². The van der Waals surface area contributed by atoms with E-state index in [9.17, 15) is 23.1 Å². The molecule has 1 saturated carbocycles. The molecule has 1 aliphatic carbocycles. The Morgan fingerprint density at radius 3 is 2.14 bits per heavy atom. The molecule has 1 atom stereocenters. The summed E-state index contributed by atoms with van der Waals surface area (Å²) < 4.78 is 54.0. The number of alkyl carbamates (subject to hydrolysis) is 1. The maximum Gasteiger partial charge on any atom is 0.420 e. The van der Waals surface area contributed by atoms with E-state index >= 15 is 0 Å². The second-order valence-corrected chi connectivity index (χ2v) is 12.3. The molecule has 3 rings (SSSR count). The molecule has 1 aromatic carbocycles. The van der Waals surface area contributed by atoms with Gasteiger partial charge in [-0.1, -0.05) is 26.8 Å².